The van der Waals surface area contributed by atoms with Crippen LogP contribution in [0.15, 0.2) is 101 Å². The number of para-hydroxylation sites is 2. The van der Waals surface area contributed by atoms with Gasteiger partial charge in [-0.3, -0.25) is 15.5 Å². The largest absolute Gasteiger partial charge is 0.269 e. The molecule has 0 aliphatic heterocycles. The first-order valence-electron chi connectivity index (χ1n) is 9.22. The number of aromatic nitrogens is 1. The van der Waals surface area contributed by atoms with Crippen molar-refractivity contribution >= 4 is 34.3 Å². The molecule has 0 saturated carbocycles. The molecule has 0 aliphatic rings. The van der Waals surface area contributed by atoms with Gasteiger partial charge < -0.3 is 0 Å². The minimum Gasteiger partial charge on any atom is -0.260 e. The van der Waals surface area contributed by atoms with Crippen molar-refractivity contribution in [1.29, 1.82) is 0 Å². The van der Waals surface area contributed by atoms with Crippen molar-refractivity contribution in [2.45, 2.75) is 0 Å². The Morgan fingerprint density at radius 3 is 2.40 bits per heavy atom. The van der Waals surface area contributed by atoms with E-state index in [1.54, 1.807) is 18.3 Å². The molecule has 0 radical (unpaired) electrons. The SMILES string of the molecule is O=[N+]([O-])c1ccc(C=NNC(=Nc2ccccc2)c2ccc3ccccc3n2)cc1. The number of pyridine rings is 1. The Hall–Kier alpha value is -4.39. The third-order valence-electron chi connectivity index (χ3n) is 4.33. The minimum absolute atomic E-state index is 0.0341. The molecule has 3 aromatic carbocycles. The Bertz CT molecular complexity index is 1240. The number of nitrogens with zero attached hydrogens (tertiary/aromatic N) is 4. The lowest BCUT2D eigenvalue weighted by molar-refractivity contribution is -0.384. The number of non-ortho nitro benzene ring substituents is 1. The molecule has 30 heavy (non-hydrogen) atoms. The Balaban J connectivity index is 1.63. The second-order valence-electron chi connectivity index (χ2n) is 6.40. The summed E-state index contributed by atoms with van der Waals surface area (Å²) in [5.74, 6) is 0.491. The first-order chi connectivity index (χ1) is 14.7. The first kappa shape index (κ1) is 18.9. The van der Waals surface area contributed by atoms with Crippen molar-refractivity contribution in [3.63, 3.8) is 0 Å². The van der Waals surface area contributed by atoms with Crippen molar-refractivity contribution in [3.8, 4) is 0 Å². The van der Waals surface area contributed by atoms with Crippen LogP contribution < -0.4 is 5.43 Å². The summed E-state index contributed by atoms with van der Waals surface area (Å²) in [4.78, 5) is 19.7. The highest BCUT2D eigenvalue weighted by atomic mass is 16.6. The van der Waals surface area contributed by atoms with Gasteiger partial charge in [0, 0.05) is 17.5 Å². The molecule has 0 aliphatic carbocycles. The van der Waals surface area contributed by atoms with Gasteiger partial charge in [-0.25, -0.2) is 9.98 Å². The lowest BCUT2D eigenvalue weighted by Crippen LogP contribution is -2.20. The van der Waals surface area contributed by atoms with Gasteiger partial charge in [0.2, 0.25) is 0 Å². The smallest absolute Gasteiger partial charge is 0.260 e. The molecule has 7 nitrogen and oxygen atoms in total. The van der Waals surface area contributed by atoms with Gasteiger partial charge >= 0.3 is 0 Å². The van der Waals surface area contributed by atoms with Crippen molar-refractivity contribution in [2.75, 3.05) is 0 Å². The van der Waals surface area contributed by atoms with E-state index in [1.165, 1.54) is 12.1 Å². The number of rotatable bonds is 5. The maximum atomic E-state index is 10.8. The third kappa shape index (κ3) is 4.53. The topological polar surface area (TPSA) is 92.8 Å². The van der Waals surface area contributed by atoms with Crippen molar-refractivity contribution in [1.82, 2.24) is 10.4 Å². The maximum absolute atomic E-state index is 10.8. The predicted molar refractivity (Wildman–Crippen MR) is 118 cm³/mol. The van der Waals surface area contributed by atoms with Crippen LogP contribution in [-0.2, 0) is 0 Å². The molecule has 4 aromatic rings. The number of hydrogen-bond acceptors (Lipinski definition) is 5. The highest BCUT2D eigenvalue weighted by molar-refractivity contribution is 6.00. The summed E-state index contributed by atoms with van der Waals surface area (Å²) in [6, 6.07) is 27.4. The van der Waals surface area contributed by atoms with E-state index in [9.17, 15) is 10.1 Å². The van der Waals surface area contributed by atoms with Crippen LogP contribution in [0.25, 0.3) is 10.9 Å². The van der Waals surface area contributed by atoms with Gasteiger partial charge in [0.05, 0.1) is 22.3 Å². The molecule has 1 heterocycles. The Kier molecular flexibility index (Phi) is 5.52. The summed E-state index contributed by atoms with van der Waals surface area (Å²) in [5.41, 5.74) is 5.99. The molecule has 0 spiro atoms. The van der Waals surface area contributed by atoms with Crippen LogP contribution in [0, 0.1) is 10.1 Å². The molecule has 0 unspecified atom stereocenters. The van der Waals surface area contributed by atoms with Gasteiger partial charge in [-0.05, 0) is 42.0 Å². The lowest BCUT2D eigenvalue weighted by Gasteiger charge is -2.07. The molecule has 7 heteroatoms. The van der Waals surface area contributed by atoms with E-state index >= 15 is 0 Å². The number of nitrogens with one attached hydrogen (secondary N) is 1. The Morgan fingerprint density at radius 2 is 1.63 bits per heavy atom. The number of fused-ring (bicyclic) bond motifs is 1. The van der Waals surface area contributed by atoms with Crippen molar-refractivity contribution < 1.29 is 4.92 Å². The summed E-state index contributed by atoms with van der Waals surface area (Å²) in [7, 11) is 0. The molecule has 1 aromatic heterocycles. The Morgan fingerprint density at radius 1 is 0.900 bits per heavy atom. The normalized spacial score (nSPS) is 11.7. The van der Waals surface area contributed by atoms with Gasteiger partial charge in [-0.2, -0.15) is 5.10 Å². The van der Waals surface area contributed by atoms with Crippen molar-refractivity contribution in [3.05, 3.63) is 112 Å². The van der Waals surface area contributed by atoms with Gasteiger partial charge in [0.15, 0.2) is 5.84 Å². The molecular formula is C23H17N5O2. The van der Waals surface area contributed by atoms with E-state index in [1.807, 2.05) is 66.7 Å². The number of hydrogen-bond donors (Lipinski definition) is 1. The molecule has 146 valence electrons. The van der Waals surface area contributed by atoms with E-state index < -0.39 is 4.92 Å². The summed E-state index contributed by atoms with van der Waals surface area (Å²) >= 11 is 0. The summed E-state index contributed by atoms with van der Waals surface area (Å²) < 4.78 is 0. The number of nitro groups is 1. The summed E-state index contributed by atoms with van der Waals surface area (Å²) in [6.45, 7) is 0. The van der Waals surface area contributed by atoms with Crippen LogP contribution in [0.5, 0.6) is 0 Å². The number of aliphatic imine (C=N–C) groups is 1. The van der Waals surface area contributed by atoms with Gasteiger partial charge in [0.1, 0.15) is 5.69 Å². The predicted octanol–water partition coefficient (Wildman–Crippen LogP) is 4.85. The fourth-order valence-corrected chi connectivity index (χ4v) is 2.82. The van der Waals surface area contributed by atoms with E-state index in [4.69, 9.17) is 0 Å². The highest BCUT2D eigenvalue weighted by Gasteiger charge is 2.07. The van der Waals surface area contributed by atoms with Gasteiger partial charge in [-0.15, -0.1) is 0 Å². The Labute approximate surface area is 172 Å². The summed E-state index contributed by atoms with van der Waals surface area (Å²) in [6.07, 6.45) is 1.57. The van der Waals surface area contributed by atoms with E-state index in [0.29, 0.717) is 11.5 Å². The third-order valence-corrected chi connectivity index (χ3v) is 4.33. The molecule has 4 rings (SSSR count). The summed E-state index contributed by atoms with van der Waals surface area (Å²) in [5, 5.41) is 16.1. The van der Waals surface area contributed by atoms with Gasteiger partial charge in [0.25, 0.3) is 5.69 Å². The van der Waals surface area contributed by atoms with Crippen LogP contribution in [0.4, 0.5) is 11.4 Å². The average molecular weight is 395 g/mol. The zero-order chi connectivity index (χ0) is 20.8. The number of hydrazone groups is 1. The molecule has 1 N–H and O–H groups in total. The molecule has 0 atom stereocenters. The van der Waals surface area contributed by atoms with Crippen LogP contribution in [0.3, 0.4) is 0 Å². The standard InChI is InChI=1S/C23H17N5O2/c29-28(30)20-13-10-17(11-14-20)16-24-27-23(25-19-7-2-1-3-8-19)22-15-12-18-6-4-5-9-21(18)26-22/h1-16H,(H,25,27). The minimum atomic E-state index is -0.435. The molecule has 0 saturated heterocycles. The molecule has 0 fully saturated rings. The fraction of sp³-hybridized carbons (Fsp3) is 0. The maximum Gasteiger partial charge on any atom is 0.269 e. The highest BCUT2D eigenvalue weighted by Crippen LogP contribution is 2.15. The van der Waals surface area contributed by atoms with E-state index in [-0.39, 0.29) is 5.69 Å². The second kappa shape index (κ2) is 8.74. The van der Waals surface area contributed by atoms with Crippen molar-refractivity contribution in [2.24, 2.45) is 10.1 Å². The quantitative estimate of drug-likeness (QED) is 0.226. The van der Waals surface area contributed by atoms with Crippen LogP contribution >= 0.6 is 0 Å². The van der Waals surface area contributed by atoms with Gasteiger partial charge in [-0.1, -0.05) is 42.5 Å². The first-order valence-corrected chi connectivity index (χ1v) is 9.22. The monoisotopic (exact) mass is 395 g/mol. The molecule has 0 amide bonds. The van der Waals surface area contributed by atoms with E-state index in [2.05, 4.69) is 20.5 Å². The molecular weight excluding hydrogens is 378 g/mol. The van der Waals surface area contributed by atoms with Crippen LogP contribution in [-0.4, -0.2) is 22.0 Å². The van der Waals surface area contributed by atoms with Crippen LogP contribution in [0.2, 0.25) is 0 Å². The second-order valence-corrected chi connectivity index (χ2v) is 6.40. The number of benzene rings is 3. The van der Waals surface area contributed by atoms with E-state index in [0.717, 1.165) is 22.2 Å². The zero-order valence-electron chi connectivity index (χ0n) is 15.8. The average Bonchev–Trinajstić information content (AvgIpc) is 2.79. The molecule has 0 bridgehead atoms. The zero-order valence-corrected chi connectivity index (χ0v) is 15.8. The lowest BCUT2D eigenvalue weighted by atomic mass is 10.2. The van der Waals surface area contributed by atoms with Crippen LogP contribution in [0.1, 0.15) is 11.3 Å². The number of nitro benzene ring substituents is 1. The fourth-order valence-electron chi connectivity index (χ4n) is 2.82. The number of amidine groups is 1.